The summed E-state index contributed by atoms with van der Waals surface area (Å²) in [6.45, 7) is 1.23. The molecule has 2 aromatic carbocycles. The molecule has 0 amide bonds. The Balaban J connectivity index is 1.70. The maximum atomic E-state index is 9.87. The molecule has 0 saturated heterocycles. The predicted molar refractivity (Wildman–Crippen MR) is 86.1 cm³/mol. The molecule has 5 heteroatoms. The summed E-state index contributed by atoms with van der Waals surface area (Å²) < 4.78 is 5.47. The van der Waals surface area contributed by atoms with E-state index < -0.39 is 6.10 Å². The largest absolute Gasteiger partial charge is 0.491 e. The Hall–Kier alpha value is -1.26. The molecule has 0 aliphatic carbocycles. The standard InChI is InChI=1S/C16H17Cl2NO2/c17-13-5-3-6-15(8-13)21-11-14(20)10-19-9-12-4-1-2-7-16(12)18/h1-8,14,19-20H,9-11H2. The first-order chi connectivity index (χ1) is 10.1. The Labute approximate surface area is 134 Å². The van der Waals surface area contributed by atoms with Crippen molar-refractivity contribution in [3.05, 3.63) is 64.1 Å². The third kappa shape index (κ3) is 5.56. The first-order valence-corrected chi connectivity index (χ1v) is 7.41. The average Bonchev–Trinajstić information content (AvgIpc) is 2.47. The van der Waals surface area contributed by atoms with Crippen molar-refractivity contribution in [3.63, 3.8) is 0 Å². The van der Waals surface area contributed by atoms with Crippen LogP contribution in [0.4, 0.5) is 0 Å². The van der Waals surface area contributed by atoms with Crippen molar-refractivity contribution in [3.8, 4) is 5.75 Å². The number of ether oxygens (including phenoxy) is 1. The molecule has 2 rings (SSSR count). The van der Waals surface area contributed by atoms with Gasteiger partial charge in [-0.25, -0.2) is 0 Å². The van der Waals surface area contributed by atoms with Crippen molar-refractivity contribution in [2.75, 3.05) is 13.2 Å². The van der Waals surface area contributed by atoms with Crippen molar-refractivity contribution in [2.45, 2.75) is 12.6 Å². The number of benzene rings is 2. The van der Waals surface area contributed by atoms with Crippen molar-refractivity contribution in [1.29, 1.82) is 0 Å². The quantitative estimate of drug-likeness (QED) is 0.818. The number of hydrogen-bond acceptors (Lipinski definition) is 3. The van der Waals surface area contributed by atoms with Crippen LogP contribution in [0.15, 0.2) is 48.5 Å². The van der Waals surface area contributed by atoms with Gasteiger partial charge in [0.25, 0.3) is 0 Å². The van der Waals surface area contributed by atoms with Crippen molar-refractivity contribution in [1.82, 2.24) is 5.32 Å². The second-order valence-electron chi connectivity index (χ2n) is 4.64. The molecule has 1 unspecified atom stereocenters. The molecule has 0 fully saturated rings. The normalized spacial score (nSPS) is 12.1. The molecule has 0 radical (unpaired) electrons. The van der Waals surface area contributed by atoms with Crippen LogP contribution in [0.1, 0.15) is 5.56 Å². The summed E-state index contributed by atoms with van der Waals surface area (Å²) >= 11 is 11.9. The highest BCUT2D eigenvalue weighted by Crippen LogP contribution is 2.17. The summed E-state index contributed by atoms with van der Waals surface area (Å²) in [7, 11) is 0. The Morgan fingerprint density at radius 2 is 1.90 bits per heavy atom. The zero-order valence-corrected chi connectivity index (χ0v) is 12.9. The van der Waals surface area contributed by atoms with E-state index >= 15 is 0 Å². The van der Waals surface area contributed by atoms with Crippen LogP contribution in [0.5, 0.6) is 5.75 Å². The number of rotatable bonds is 7. The van der Waals surface area contributed by atoms with Crippen LogP contribution in [0.2, 0.25) is 10.0 Å². The smallest absolute Gasteiger partial charge is 0.120 e. The Kier molecular flexibility index (Phi) is 6.33. The van der Waals surface area contributed by atoms with Crippen LogP contribution in [0.25, 0.3) is 0 Å². The van der Waals surface area contributed by atoms with E-state index in [0.717, 1.165) is 10.6 Å². The minimum Gasteiger partial charge on any atom is -0.491 e. The summed E-state index contributed by atoms with van der Waals surface area (Å²) in [5.41, 5.74) is 1.00. The molecule has 0 aromatic heterocycles. The van der Waals surface area contributed by atoms with E-state index in [1.165, 1.54) is 0 Å². The van der Waals surface area contributed by atoms with Gasteiger partial charge in [0, 0.05) is 23.1 Å². The number of aliphatic hydroxyl groups is 1. The number of aliphatic hydroxyl groups excluding tert-OH is 1. The third-order valence-corrected chi connectivity index (χ3v) is 3.50. The topological polar surface area (TPSA) is 41.5 Å². The van der Waals surface area contributed by atoms with Crippen LogP contribution in [-0.4, -0.2) is 24.4 Å². The molecule has 21 heavy (non-hydrogen) atoms. The number of hydrogen-bond donors (Lipinski definition) is 2. The molecular weight excluding hydrogens is 309 g/mol. The lowest BCUT2D eigenvalue weighted by atomic mass is 10.2. The molecular formula is C16H17Cl2NO2. The Morgan fingerprint density at radius 1 is 1.10 bits per heavy atom. The van der Waals surface area contributed by atoms with Gasteiger partial charge in [0.15, 0.2) is 0 Å². The first-order valence-electron chi connectivity index (χ1n) is 6.65. The SMILES string of the molecule is OC(CNCc1ccccc1Cl)COc1cccc(Cl)c1. The zero-order valence-electron chi connectivity index (χ0n) is 11.4. The Bertz CT molecular complexity index is 578. The summed E-state index contributed by atoms with van der Waals surface area (Å²) in [6.07, 6.45) is -0.605. The summed E-state index contributed by atoms with van der Waals surface area (Å²) in [5, 5.41) is 14.4. The van der Waals surface area contributed by atoms with Crippen molar-refractivity contribution >= 4 is 23.2 Å². The lowest BCUT2D eigenvalue weighted by molar-refractivity contribution is 0.106. The maximum absolute atomic E-state index is 9.87. The van der Waals surface area contributed by atoms with Gasteiger partial charge in [0.05, 0.1) is 0 Å². The molecule has 0 bridgehead atoms. The summed E-state index contributed by atoms with van der Waals surface area (Å²) in [6, 6.07) is 14.7. The number of nitrogens with one attached hydrogen (secondary N) is 1. The third-order valence-electron chi connectivity index (χ3n) is 2.89. The lowest BCUT2D eigenvalue weighted by Gasteiger charge is -2.14. The van der Waals surface area contributed by atoms with Crippen LogP contribution in [-0.2, 0) is 6.54 Å². The van der Waals surface area contributed by atoms with Crippen molar-refractivity contribution in [2.24, 2.45) is 0 Å². The minimum absolute atomic E-state index is 0.204. The highest BCUT2D eigenvalue weighted by atomic mass is 35.5. The fourth-order valence-electron chi connectivity index (χ4n) is 1.82. The maximum Gasteiger partial charge on any atom is 0.120 e. The molecule has 3 nitrogen and oxygen atoms in total. The van der Waals surface area contributed by atoms with Gasteiger partial charge < -0.3 is 15.2 Å². The monoisotopic (exact) mass is 325 g/mol. The van der Waals surface area contributed by atoms with Gasteiger partial charge in [0.2, 0.25) is 0 Å². The van der Waals surface area contributed by atoms with E-state index in [4.69, 9.17) is 27.9 Å². The van der Waals surface area contributed by atoms with E-state index in [9.17, 15) is 5.11 Å². The van der Waals surface area contributed by atoms with E-state index in [1.54, 1.807) is 24.3 Å². The van der Waals surface area contributed by atoms with Gasteiger partial charge in [-0.3, -0.25) is 0 Å². The van der Waals surface area contributed by atoms with Gasteiger partial charge >= 0.3 is 0 Å². The fraction of sp³-hybridized carbons (Fsp3) is 0.250. The first kappa shape index (κ1) is 16.1. The Morgan fingerprint density at radius 3 is 2.67 bits per heavy atom. The molecule has 0 heterocycles. The van der Waals surface area contributed by atoms with E-state index in [1.807, 2.05) is 24.3 Å². The highest BCUT2D eigenvalue weighted by Gasteiger charge is 2.06. The van der Waals surface area contributed by atoms with Gasteiger partial charge in [0.1, 0.15) is 18.5 Å². The van der Waals surface area contributed by atoms with Crippen LogP contribution >= 0.6 is 23.2 Å². The fourth-order valence-corrected chi connectivity index (χ4v) is 2.21. The lowest BCUT2D eigenvalue weighted by Crippen LogP contribution is -2.31. The average molecular weight is 326 g/mol. The molecule has 0 aliphatic rings. The molecule has 2 aromatic rings. The van der Waals surface area contributed by atoms with Gasteiger partial charge in [-0.2, -0.15) is 0 Å². The predicted octanol–water partition coefficient (Wildman–Crippen LogP) is 3.52. The summed E-state index contributed by atoms with van der Waals surface area (Å²) in [4.78, 5) is 0. The zero-order chi connectivity index (χ0) is 15.1. The van der Waals surface area contributed by atoms with Crippen LogP contribution in [0.3, 0.4) is 0 Å². The second kappa shape index (κ2) is 8.25. The molecule has 0 saturated carbocycles. The van der Waals surface area contributed by atoms with Crippen LogP contribution < -0.4 is 10.1 Å². The summed E-state index contributed by atoms with van der Waals surface area (Å²) in [5.74, 6) is 0.646. The van der Waals surface area contributed by atoms with Gasteiger partial charge in [-0.1, -0.05) is 47.5 Å². The highest BCUT2D eigenvalue weighted by molar-refractivity contribution is 6.31. The van der Waals surface area contributed by atoms with Crippen LogP contribution in [0, 0.1) is 0 Å². The molecule has 0 aliphatic heterocycles. The molecule has 0 spiro atoms. The molecule has 1 atom stereocenters. The van der Waals surface area contributed by atoms with E-state index in [0.29, 0.717) is 23.9 Å². The number of halogens is 2. The van der Waals surface area contributed by atoms with E-state index in [2.05, 4.69) is 5.32 Å². The molecule has 112 valence electrons. The second-order valence-corrected chi connectivity index (χ2v) is 5.49. The van der Waals surface area contributed by atoms with Gasteiger partial charge in [-0.05, 0) is 29.8 Å². The van der Waals surface area contributed by atoms with Crippen molar-refractivity contribution < 1.29 is 9.84 Å². The molecule has 2 N–H and O–H groups in total. The van der Waals surface area contributed by atoms with Gasteiger partial charge in [-0.15, -0.1) is 0 Å². The van der Waals surface area contributed by atoms with E-state index in [-0.39, 0.29) is 6.61 Å². The minimum atomic E-state index is -0.605.